The van der Waals surface area contributed by atoms with Crippen molar-refractivity contribution in [1.29, 1.82) is 0 Å². The monoisotopic (exact) mass is 193 g/mol. The summed E-state index contributed by atoms with van der Waals surface area (Å²) < 4.78 is 23.8. The number of nitrogens with zero attached hydrogens (tertiary/aromatic N) is 1. The molecule has 0 aliphatic carbocycles. The molecule has 0 aromatic carbocycles. The molecule has 0 saturated heterocycles. The summed E-state index contributed by atoms with van der Waals surface area (Å²) in [5.41, 5.74) is 0. The second-order valence-corrected chi connectivity index (χ2v) is 3.18. The Morgan fingerprint density at radius 2 is 2.42 bits per heavy atom. The first kappa shape index (κ1) is 9.05. The minimum atomic E-state index is -2.61. The molecule has 1 rings (SSSR count). The predicted octanol–water partition coefficient (Wildman–Crippen LogP) is 1.71. The molecular weight excluding hydrogens is 188 g/mol. The summed E-state index contributed by atoms with van der Waals surface area (Å²) in [5.74, 6) is -1.04. The first-order valence-corrected chi connectivity index (χ1v) is 3.86. The Morgan fingerprint density at radius 3 is 2.83 bits per heavy atom. The molecule has 0 unspecified atom stereocenters. The van der Waals surface area contributed by atoms with Crippen molar-refractivity contribution < 1.29 is 18.7 Å². The van der Waals surface area contributed by atoms with Crippen molar-refractivity contribution in [2.24, 2.45) is 0 Å². The molecule has 0 radical (unpaired) electrons. The lowest BCUT2D eigenvalue weighted by Crippen LogP contribution is -1.97. The SMILES string of the molecule is O=C(O)Cc1cnc(C(F)F)s1. The van der Waals surface area contributed by atoms with Crippen molar-refractivity contribution in [3.8, 4) is 0 Å². The number of rotatable bonds is 3. The van der Waals surface area contributed by atoms with Crippen LogP contribution in [0, 0.1) is 0 Å². The van der Waals surface area contributed by atoms with Gasteiger partial charge in [-0.1, -0.05) is 0 Å². The van der Waals surface area contributed by atoms with E-state index in [1.165, 1.54) is 6.20 Å². The Balaban J connectivity index is 2.70. The van der Waals surface area contributed by atoms with Gasteiger partial charge in [-0.2, -0.15) is 0 Å². The van der Waals surface area contributed by atoms with Crippen LogP contribution in [0.1, 0.15) is 16.3 Å². The maximum absolute atomic E-state index is 11.9. The maximum atomic E-state index is 11.9. The van der Waals surface area contributed by atoms with E-state index >= 15 is 0 Å². The standard InChI is InChI=1S/C6H5F2NO2S/c7-5(8)6-9-2-3(12-6)1-4(10)11/h2,5H,1H2,(H,10,11). The van der Waals surface area contributed by atoms with E-state index in [0.29, 0.717) is 4.88 Å². The van der Waals surface area contributed by atoms with Gasteiger partial charge in [0.1, 0.15) is 0 Å². The zero-order valence-corrected chi connectivity index (χ0v) is 6.65. The Labute approximate surface area is 70.7 Å². The molecule has 12 heavy (non-hydrogen) atoms. The van der Waals surface area contributed by atoms with Crippen LogP contribution in [0.5, 0.6) is 0 Å². The molecule has 0 amide bonds. The molecule has 0 spiro atoms. The summed E-state index contributed by atoms with van der Waals surface area (Å²) in [4.78, 5) is 13.9. The molecule has 0 fully saturated rings. The Bertz CT molecular complexity index is 287. The van der Waals surface area contributed by atoms with E-state index in [1.807, 2.05) is 0 Å². The van der Waals surface area contributed by atoms with Crippen LogP contribution in [-0.4, -0.2) is 16.1 Å². The second-order valence-electron chi connectivity index (χ2n) is 2.04. The molecule has 0 aliphatic rings. The third kappa shape index (κ3) is 2.23. The first-order valence-electron chi connectivity index (χ1n) is 3.04. The number of alkyl halides is 2. The van der Waals surface area contributed by atoms with Gasteiger partial charge in [-0.25, -0.2) is 13.8 Å². The average molecular weight is 193 g/mol. The third-order valence-electron chi connectivity index (χ3n) is 1.08. The summed E-state index contributed by atoms with van der Waals surface area (Å²) >= 11 is 0.727. The lowest BCUT2D eigenvalue weighted by Gasteiger charge is -1.88. The van der Waals surface area contributed by atoms with Gasteiger partial charge in [0.05, 0.1) is 6.42 Å². The number of aromatic nitrogens is 1. The largest absolute Gasteiger partial charge is 0.481 e. The van der Waals surface area contributed by atoms with Gasteiger partial charge in [0.15, 0.2) is 5.01 Å². The highest BCUT2D eigenvalue weighted by Gasteiger charge is 2.13. The highest BCUT2D eigenvalue weighted by atomic mass is 32.1. The van der Waals surface area contributed by atoms with Gasteiger partial charge in [0.2, 0.25) is 0 Å². The van der Waals surface area contributed by atoms with Gasteiger partial charge >= 0.3 is 5.97 Å². The highest BCUT2D eigenvalue weighted by Crippen LogP contribution is 2.24. The zero-order chi connectivity index (χ0) is 9.14. The summed E-state index contributed by atoms with van der Waals surface area (Å²) in [6.45, 7) is 0. The molecule has 0 saturated carbocycles. The molecule has 1 aromatic rings. The summed E-state index contributed by atoms with van der Waals surface area (Å²) in [6, 6.07) is 0. The quantitative estimate of drug-likeness (QED) is 0.794. The molecule has 0 aliphatic heterocycles. The minimum Gasteiger partial charge on any atom is -0.481 e. The van der Waals surface area contributed by atoms with Gasteiger partial charge in [-0.3, -0.25) is 4.79 Å². The van der Waals surface area contributed by atoms with E-state index in [2.05, 4.69) is 4.98 Å². The highest BCUT2D eigenvalue weighted by molar-refractivity contribution is 7.11. The fourth-order valence-corrected chi connectivity index (χ4v) is 1.42. The van der Waals surface area contributed by atoms with Crippen LogP contribution < -0.4 is 0 Å². The van der Waals surface area contributed by atoms with Crippen molar-refractivity contribution in [2.45, 2.75) is 12.8 Å². The third-order valence-corrected chi connectivity index (χ3v) is 2.09. The topological polar surface area (TPSA) is 50.2 Å². The van der Waals surface area contributed by atoms with Crippen molar-refractivity contribution in [3.63, 3.8) is 0 Å². The molecule has 1 aromatic heterocycles. The normalized spacial score (nSPS) is 10.6. The first-order chi connectivity index (χ1) is 5.59. The fraction of sp³-hybridized carbons (Fsp3) is 0.333. The van der Waals surface area contributed by atoms with Gasteiger partial charge < -0.3 is 5.11 Å². The number of carboxylic acids is 1. The summed E-state index contributed by atoms with van der Waals surface area (Å²) in [7, 11) is 0. The number of carboxylic acid groups (broad SMARTS) is 1. The molecule has 0 bridgehead atoms. The van der Waals surface area contributed by atoms with Gasteiger partial charge in [0, 0.05) is 11.1 Å². The Morgan fingerprint density at radius 1 is 1.75 bits per heavy atom. The van der Waals surface area contributed by atoms with Gasteiger partial charge in [0.25, 0.3) is 6.43 Å². The van der Waals surface area contributed by atoms with E-state index in [4.69, 9.17) is 5.11 Å². The van der Waals surface area contributed by atoms with Crippen LogP contribution in [0.15, 0.2) is 6.20 Å². The number of hydrogen-bond acceptors (Lipinski definition) is 3. The molecular formula is C6H5F2NO2S. The number of hydrogen-bond donors (Lipinski definition) is 1. The van der Waals surface area contributed by atoms with Crippen LogP contribution in [0.2, 0.25) is 0 Å². The second kappa shape index (κ2) is 3.57. The number of carbonyl (C=O) groups is 1. The molecule has 1 heterocycles. The zero-order valence-electron chi connectivity index (χ0n) is 5.83. The van der Waals surface area contributed by atoms with Crippen molar-refractivity contribution >= 4 is 17.3 Å². The van der Waals surface area contributed by atoms with E-state index in [1.54, 1.807) is 0 Å². The van der Waals surface area contributed by atoms with Gasteiger partial charge in [-0.15, -0.1) is 11.3 Å². The number of thiazole rings is 1. The fourth-order valence-electron chi connectivity index (χ4n) is 0.654. The van der Waals surface area contributed by atoms with Gasteiger partial charge in [-0.05, 0) is 0 Å². The van der Waals surface area contributed by atoms with E-state index in [9.17, 15) is 13.6 Å². The van der Waals surface area contributed by atoms with E-state index in [-0.39, 0.29) is 11.4 Å². The Kier molecular flexibility index (Phi) is 2.69. The predicted molar refractivity (Wildman–Crippen MR) is 38.4 cm³/mol. The van der Waals surface area contributed by atoms with Crippen molar-refractivity contribution in [3.05, 3.63) is 16.1 Å². The minimum absolute atomic E-state index is 0.246. The van der Waals surface area contributed by atoms with Crippen LogP contribution in [0.25, 0.3) is 0 Å². The van der Waals surface area contributed by atoms with Crippen LogP contribution >= 0.6 is 11.3 Å². The average Bonchev–Trinajstić information content (AvgIpc) is 2.34. The molecule has 66 valence electrons. The number of aliphatic carboxylic acids is 1. The van der Waals surface area contributed by atoms with Crippen LogP contribution in [0.4, 0.5) is 8.78 Å². The van der Waals surface area contributed by atoms with Crippen LogP contribution in [-0.2, 0) is 11.2 Å². The summed E-state index contributed by atoms with van der Waals surface area (Å²) in [6.07, 6.45) is -1.69. The maximum Gasteiger partial charge on any atom is 0.308 e. The van der Waals surface area contributed by atoms with Crippen LogP contribution in [0.3, 0.4) is 0 Å². The van der Waals surface area contributed by atoms with E-state index < -0.39 is 12.4 Å². The molecule has 0 atom stereocenters. The summed E-state index contributed by atoms with van der Waals surface area (Å²) in [5, 5.41) is 7.98. The molecule has 1 N–H and O–H groups in total. The van der Waals surface area contributed by atoms with E-state index in [0.717, 1.165) is 11.3 Å². The molecule has 6 heteroatoms. The lowest BCUT2D eigenvalue weighted by molar-refractivity contribution is -0.136. The smallest absolute Gasteiger partial charge is 0.308 e. The molecule has 3 nitrogen and oxygen atoms in total. The number of halogens is 2. The Hall–Kier alpha value is -1.04. The van der Waals surface area contributed by atoms with Crippen molar-refractivity contribution in [1.82, 2.24) is 4.98 Å². The van der Waals surface area contributed by atoms with Crippen molar-refractivity contribution in [2.75, 3.05) is 0 Å². The lowest BCUT2D eigenvalue weighted by atomic mass is 10.4.